The minimum absolute atomic E-state index is 0.0898. The van der Waals surface area contributed by atoms with E-state index < -0.39 is 17.6 Å². The van der Waals surface area contributed by atoms with Gasteiger partial charge in [0.05, 0.1) is 12.8 Å². The second-order valence-corrected chi connectivity index (χ2v) is 5.94. The van der Waals surface area contributed by atoms with Crippen molar-refractivity contribution in [2.75, 3.05) is 25.5 Å². The lowest BCUT2D eigenvalue weighted by atomic mass is 10.1. The van der Waals surface area contributed by atoms with Gasteiger partial charge in [-0.15, -0.1) is 0 Å². The summed E-state index contributed by atoms with van der Waals surface area (Å²) in [5, 5.41) is 2.50. The molecule has 1 aromatic heterocycles. The molecule has 1 aromatic carbocycles. The normalized spacial score (nSPS) is 14.0. The molecule has 8 heteroatoms. The van der Waals surface area contributed by atoms with Crippen LogP contribution in [0.1, 0.15) is 19.3 Å². The van der Waals surface area contributed by atoms with Crippen molar-refractivity contribution in [2.45, 2.75) is 19.3 Å². The molecule has 0 atom stereocenters. The molecule has 0 radical (unpaired) electrons. The van der Waals surface area contributed by atoms with Crippen molar-refractivity contribution in [3.05, 3.63) is 36.4 Å². The Balaban J connectivity index is 1.75. The number of rotatable bonds is 3. The third kappa shape index (κ3) is 3.96. The Bertz CT molecular complexity index is 822. The Morgan fingerprint density at radius 3 is 2.65 bits per heavy atom. The molecular weight excluding hydrogens is 339 g/mol. The topological polar surface area (TPSA) is 84.4 Å². The van der Waals surface area contributed by atoms with E-state index in [1.165, 1.54) is 31.6 Å². The molecule has 1 N–H and O–H groups in total. The minimum atomic E-state index is -0.728. The van der Waals surface area contributed by atoms with Gasteiger partial charge < -0.3 is 15.0 Å². The van der Waals surface area contributed by atoms with Crippen LogP contribution < -0.4 is 10.1 Å². The third-order valence-electron chi connectivity index (χ3n) is 4.19. The van der Waals surface area contributed by atoms with Gasteiger partial charge in [-0.3, -0.25) is 9.59 Å². The van der Waals surface area contributed by atoms with Gasteiger partial charge in [0.2, 0.25) is 0 Å². The summed E-state index contributed by atoms with van der Waals surface area (Å²) in [5.41, 5.74) is 1.07. The average molecular weight is 358 g/mol. The first-order valence-corrected chi connectivity index (χ1v) is 8.34. The Labute approximate surface area is 150 Å². The summed E-state index contributed by atoms with van der Waals surface area (Å²) >= 11 is 0. The smallest absolute Gasteiger partial charge is 0.315 e. The number of likely N-dealkylation sites (tertiary alicyclic amines) is 1. The van der Waals surface area contributed by atoms with Gasteiger partial charge in [0, 0.05) is 24.7 Å². The molecule has 0 bridgehead atoms. The number of hydrogen-bond acceptors (Lipinski definition) is 5. The molecule has 1 saturated heterocycles. The van der Waals surface area contributed by atoms with Crippen LogP contribution in [-0.2, 0) is 9.59 Å². The van der Waals surface area contributed by atoms with E-state index in [4.69, 9.17) is 4.74 Å². The number of methoxy groups -OCH3 is 1. The van der Waals surface area contributed by atoms with Crippen molar-refractivity contribution in [2.24, 2.45) is 0 Å². The van der Waals surface area contributed by atoms with Gasteiger partial charge in [-0.05, 0) is 37.5 Å². The molecule has 0 aliphatic carbocycles. The van der Waals surface area contributed by atoms with Gasteiger partial charge in [-0.1, -0.05) is 0 Å². The SMILES string of the molecule is COc1cc(-c2cc(NC(=O)C(=O)N3CCCCC3)ncn2)ccc1F. The number of anilines is 1. The van der Waals surface area contributed by atoms with E-state index in [1.54, 1.807) is 11.0 Å². The molecule has 1 aliphatic rings. The monoisotopic (exact) mass is 358 g/mol. The van der Waals surface area contributed by atoms with Crippen LogP contribution in [0.15, 0.2) is 30.6 Å². The van der Waals surface area contributed by atoms with Gasteiger partial charge in [-0.25, -0.2) is 14.4 Å². The maximum Gasteiger partial charge on any atom is 0.315 e. The minimum Gasteiger partial charge on any atom is -0.494 e. The Morgan fingerprint density at radius 1 is 1.15 bits per heavy atom. The van der Waals surface area contributed by atoms with Crippen LogP contribution in [0.5, 0.6) is 5.75 Å². The molecule has 3 rings (SSSR count). The fourth-order valence-electron chi connectivity index (χ4n) is 2.81. The second kappa shape index (κ2) is 7.90. The van der Waals surface area contributed by atoms with E-state index in [2.05, 4.69) is 15.3 Å². The number of carbonyl (C=O) groups is 2. The predicted molar refractivity (Wildman–Crippen MR) is 93.0 cm³/mol. The fourth-order valence-corrected chi connectivity index (χ4v) is 2.81. The van der Waals surface area contributed by atoms with Crippen LogP contribution in [0.4, 0.5) is 10.2 Å². The van der Waals surface area contributed by atoms with Crippen LogP contribution >= 0.6 is 0 Å². The number of ether oxygens (including phenoxy) is 1. The molecule has 0 spiro atoms. The third-order valence-corrected chi connectivity index (χ3v) is 4.19. The molecule has 2 aromatic rings. The zero-order valence-corrected chi connectivity index (χ0v) is 14.4. The van der Waals surface area contributed by atoms with E-state index in [1.807, 2.05) is 0 Å². The Hall–Kier alpha value is -3.03. The highest BCUT2D eigenvalue weighted by Gasteiger charge is 2.23. The molecule has 136 valence electrons. The number of nitrogens with one attached hydrogen (secondary N) is 1. The number of carbonyl (C=O) groups excluding carboxylic acids is 2. The first-order chi connectivity index (χ1) is 12.6. The maximum absolute atomic E-state index is 13.5. The standard InChI is InChI=1S/C18H19FN4O3/c1-26-15-9-12(5-6-13(15)19)14-10-16(21-11-20-14)22-17(24)18(25)23-7-3-2-4-8-23/h5-6,9-11H,2-4,7-8H2,1H3,(H,20,21,22,24). The predicted octanol–water partition coefficient (Wildman–Crippen LogP) is 2.24. The van der Waals surface area contributed by atoms with Crippen LogP contribution in [0.25, 0.3) is 11.3 Å². The van der Waals surface area contributed by atoms with Crippen LogP contribution in [-0.4, -0.2) is 46.9 Å². The van der Waals surface area contributed by atoms with Gasteiger partial charge in [0.25, 0.3) is 0 Å². The van der Waals surface area contributed by atoms with Crippen LogP contribution in [0.3, 0.4) is 0 Å². The highest BCUT2D eigenvalue weighted by Crippen LogP contribution is 2.25. The summed E-state index contributed by atoms with van der Waals surface area (Å²) in [5.74, 6) is -1.48. The summed E-state index contributed by atoms with van der Waals surface area (Å²) in [7, 11) is 1.38. The molecule has 2 amide bonds. The first kappa shape index (κ1) is 17.8. The average Bonchev–Trinajstić information content (AvgIpc) is 2.68. The van der Waals surface area contributed by atoms with E-state index >= 15 is 0 Å². The van der Waals surface area contributed by atoms with E-state index in [0.717, 1.165) is 19.3 Å². The van der Waals surface area contributed by atoms with Gasteiger partial charge in [0.1, 0.15) is 12.1 Å². The second-order valence-electron chi connectivity index (χ2n) is 5.94. The lowest BCUT2D eigenvalue weighted by molar-refractivity contribution is -0.143. The number of nitrogens with zero attached hydrogens (tertiary/aromatic N) is 3. The highest BCUT2D eigenvalue weighted by atomic mass is 19.1. The zero-order valence-electron chi connectivity index (χ0n) is 14.4. The molecule has 7 nitrogen and oxygen atoms in total. The summed E-state index contributed by atoms with van der Waals surface area (Å²) < 4.78 is 18.5. The lowest BCUT2D eigenvalue weighted by Gasteiger charge is -2.25. The maximum atomic E-state index is 13.5. The molecule has 0 unspecified atom stereocenters. The Morgan fingerprint density at radius 2 is 1.92 bits per heavy atom. The summed E-state index contributed by atoms with van der Waals surface area (Å²) in [6, 6.07) is 5.84. The van der Waals surface area contributed by atoms with Crippen molar-refractivity contribution < 1.29 is 18.7 Å². The van der Waals surface area contributed by atoms with Crippen LogP contribution in [0, 0.1) is 5.82 Å². The van der Waals surface area contributed by atoms with Crippen molar-refractivity contribution >= 4 is 17.6 Å². The largest absolute Gasteiger partial charge is 0.494 e. The fraction of sp³-hybridized carbons (Fsp3) is 0.333. The van der Waals surface area contributed by atoms with E-state index in [-0.39, 0.29) is 11.6 Å². The molecule has 1 fully saturated rings. The van der Waals surface area contributed by atoms with Gasteiger partial charge >= 0.3 is 11.8 Å². The number of aromatic nitrogens is 2. The number of hydrogen-bond donors (Lipinski definition) is 1. The number of piperidine rings is 1. The molecule has 1 aliphatic heterocycles. The molecule has 2 heterocycles. The quantitative estimate of drug-likeness (QED) is 0.851. The van der Waals surface area contributed by atoms with Gasteiger partial charge in [-0.2, -0.15) is 0 Å². The molecule has 0 saturated carbocycles. The van der Waals surface area contributed by atoms with Crippen molar-refractivity contribution in [1.29, 1.82) is 0 Å². The highest BCUT2D eigenvalue weighted by molar-refractivity contribution is 6.39. The Kier molecular flexibility index (Phi) is 5.40. The van der Waals surface area contributed by atoms with Crippen LogP contribution in [0.2, 0.25) is 0 Å². The number of halogens is 1. The van der Waals surface area contributed by atoms with Gasteiger partial charge in [0.15, 0.2) is 11.6 Å². The number of amides is 2. The number of benzene rings is 1. The van der Waals surface area contributed by atoms with E-state index in [9.17, 15) is 14.0 Å². The van der Waals surface area contributed by atoms with E-state index in [0.29, 0.717) is 24.3 Å². The molecular formula is C18H19FN4O3. The zero-order chi connectivity index (χ0) is 18.5. The van der Waals surface area contributed by atoms with Crippen molar-refractivity contribution in [3.8, 4) is 17.0 Å². The summed E-state index contributed by atoms with van der Waals surface area (Å²) in [6.07, 6.45) is 4.15. The molecule has 26 heavy (non-hydrogen) atoms. The van der Waals surface area contributed by atoms with Crippen molar-refractivity contribution in [3.63, 3.8) is 0 Å². The summed E-state index contributed by atoms with van der Waals surface area (Å²) in [4.78, 5) is 34.0. The lowest BCUT2D eigenvalue weighted by Crippen LogP contribution is -2.42. The van der Waals surface area contributed by atoms with Crippen molar-refractivity contribution in [1.82, 2.24) is 14.9 Å². The first-order valence-electron chi connectivity index (χ1n) is 8.34. The summed E-state index contributed by atoms with van der Waals surface area (Å²) in [6.45, 7) is 1.19.